The van der Waals surface area contributed by atoms with Gasteiger partial charge in [-0.3, -0.25) is 9.59 Å². The van der Waals surface area contributed by atoms with Crippen LogP contribution in [0.4, 0.5) is 11.4 Å². The van der Waals surface area contributed by atoms with Crippen LogP contribution in [0.1, 0.15) is 17.3 Å². The maximum absolute atomic E-state index is 12.2. The van der Waals surface area contributed by atoms with E-state index in [1.807, 2.05) is 19.1 Å². The van der Waals surface area contributed by atoms with Crippen molar-refractivity contribution in [2.24, 2.45) is 0 Å². The van der Waals surface area contributed by atoms with E-state index in [4.69, 9.17) is 9.47 Å². The molecule has 2 rings (SSSR count). The molecule has 2 N–H and O–H groups in total. The van der Waals surface area contributed by atoms with Crippen LogP contribution in [0.15, 0.2) is 48.5 Å². The number of benzene rings is 2. The fourth-order valence-electron chi connectivity index (χ4n) is 2.40. The van der Waals surface area contributed by atoms with Crippen molar-refractivity contribution in [3.63, 3.8) is 0 Å². The molecule has 0 unspecified atom stereocenters. The standard InChI is InChI=1S/C21H27N3O4/c1-4-27-12-13-28-19-7-5-6-18(14-19)23-20(25)15-22-17-10-8-16(9-11-17)21(26)24(2)3/h5-11,14,22H,4,12-13,15H2,1-3H3,(H,23,25). The number of nitrogens with one attached hydrogen (secondary N) is 2. The van der Waals surface area contributed by atoms with Crippen molar-refractivity contribution in [1.82, 2.24) is 4.90 Å². The lowest BCUT2D eigenvalue weighted by atomic mass is 10.2. The van der Waals surface area contributed by atoms with Crippen LogP contribution >= 0.6 is 0 Å². The molecule has 2 aromatic carbocycles. The first kappa shape index (κ1) is 21.2. The van der Waals surface area contributed by atoms with Crippen LogP contribution in [0.3, 0.4) is 0 Å². The van der Waals surface area contributed by atoms with Crippen molar-refractivity contribution in [3.05, 3.63) is 54.1 Å². The van der Waals surface area contributed by atoms with Crippen LogP contribution in [0.2, 0.25) is 0 Å². The first-order valence-electron chi connectivity index (χ1n) is 9.15. The van der Waals surface area contributed by atoms with E-state index in [0.29, 0.717) is 36.8 Å². The first-order valence-corrected chi connectivity index (χ1v) is 9.15. The number of hydrogen-bond acceptors (Lipinski definition) is 5. The highest BCUT2D eigenvalue weighted by Gasteiger charge is 2.08. The Kier molecular flexibility index (Phi) is 8.30. The van der Waals surface area contributed by atoms with E-state index < -0.39 is 0 Å². The third-order valence-electron chi connectivity index (χ3n) is 3.81. The lowest BCUT2D eigenvalue weighted by molar-refractivity contribution is -0.114. The molecule has 0 aliphatic carbocycles. The Labute approximate surface area is 165 Å². The van der Waals surface area contributed by atoms with Crippen LogP contribution in [0, 0.1) is 0 Å². The zero-order valence-corrected chi connectivity index (χ0v) is 16.5. The summed E-state index contributed by atoms with van der Waals surface area (Å²) >= 11 is 0. The van der Waals surface area contributed by atoms with Gasteiger partial charge < -0.3 is 25.0 Å². The van der Waals surface area contributed by atoms with Crippen LogP contribution in [0.25, 0.3) is 0 Å². The monoisotopic (exact) mass is 385 g/mol. The first-order chi connectivity index (χ1) is 13.5. The molecule has 0 saturated carbocycles. The largest absolute Gasteiger partial charge is 0.491 e. The quantitative estimate of drug-likeness (QED) is 0.615. The van der Waals surface area contributed by atoms with E-state index in [9.17, 15) is 9.59 Å². The predicted octanol–water partition coefficient (Wildman–Crippen LogP) is 2.85. The number of ether oxygens (including phenoxy) is 2. The van der Waals surface area contributed by atoms with Gasteiger partial charge >= 0.3 is 0 Å². The van der Waals surface area contributed by atoms with Gasteiger partial charge in [-0.05, 0) is 43.3 Å². The van der Waals surface area contributed by atoms with Crippen molar-refractivity contribution >= 4 is 23.2 Å². The Hall–Kier alpha value is -3.06. The van der Waals surface area contributed by atoms with E-state index in [2.05, 4.69) is 10.6 Å². The second-order valence-corrected chi connectivity index (χ2v) is 6.25. The average molecular weight is 385 g/mol. The van der Waals surface area contributed by atoms with Gasteiger partial charge in [0.25, 0.3) is 5.91 Å². The fourth-order valence-corrected chi connectivity index (χ4v) is 2.40. The number of anilines is 2. The Bertz CT molecular complexity index is 775. The van der Waals surface area contributed by atoms with Crippen LogP contribution in [0.5, 0.6) is 5.75 Å². The molecule has 0 aliphatic rings. The Morgan fingerprint density at radius 2 is 1.75 bits per heavy atom. The molecule has 0 radical (unpaired) electrons. The number of nitrogens with zero attached hydrogens (tertiary/aromatic N) is 1. The fraction of sp³-hybridized carbons (Fsp3) is 0.333. The highest BCUT2D eigenvalue weighted by atomic mass is 16.5. The zero-order chi connectivity index (χ0) is 20.4. The number of hydrogen-bond donors (Lipinski definition) is 2. The molecule has 2 amide bonds. The van der Waals surface area contributed by atoms with Gasteiger partial charge in [0.05, 0.1) is 13.2 Å². The van der Waals surface area contributed by atoms with Crippen LogP contribution in [-0.2, 0) is 9.53 Å². The van der Waals surface area contributed by atoms with Crippen molar-refractivity contribution in [2.45, 2.75) is 6.92 Å². The summed E-state index contributed by atoms with van der Waals surface area (Å²) < 4.78 is 10.8. The molecule has 0 bridgehead atoms. The van der Waals surface area contributed by atoms with E-state index in [0.717, 1.165) is 5.69 Å². The zero-order valence-electron chi connectivity index (χ0n) is 16.5. The molecule has 0 heterocycles. The summed E-state index contributed by atoms with van der Waals surface area (Å²) in [5.74, 6) is 0.430. The molecule has 150 valence electrons. The van der Waals surface area contributed by atoms with Gasteiger partial charge in [0.1, 0.15) is 12.4 Å². The van der Waals surface area contributed by atoms with Gasteiger partial charge in [-0.15, -0.1) is 0 Å². The number of carbonyl (C=O) groups excluding carboxylic acids is 2. The molecule has 0 aromatic heterocycles. The van der Waals surface area contributed by atoms with Gasteiger partial charge in [0, 0.05) is 43.7 Å². The van der Waals surface area contributed by atoms with Gasteiger partial charge in [-0.25, -0.2) is 0 Å². The van der Waals surface area contributed by atoms with Crippen molar-refractivity contribution in [2.75, 3.05) is 51.1 Å². The Balaban J connectivity index is 1.81. The summed E-state index contributed by atoms with van der Waals surface area (Å²) in [7, 11) is 3.41. The molecular weight excluding hydrogens is 358 g/mol. The normalized spacial score (nSPS) is 10.2. The summed E-state index contributed by atoms with van der Waals surface area (Å²) in [6, 6.07) is 14.2. The van der Waals surface area contributed by atoms with Crippen molar-refractivity contribution in [1.29, 1.82) is 0 Å². The molecule has 7 heteroatoms. The summed E-state index contributed by atoms with van der Waals surface area (Å²) in [6.45, 7) is 3.68. The van der Waals surface area contributed by atoms with Crippen molar-refractivity contribution < 1.29 is 19.1 Å². The van der Waals surface area contributed by atoms with E-state index in [1.54, 1.807) is 50.5 Å². The van der Waals surface area contributed by atoms with Gasteiger partial charge in [-0.1, -0.05) is 6.07 Å². The summed E-state index contributed by atoms with van der Waals surface area (Å²) in [4.78, 5) is 25.6. The van der Waals surface area contributed by atoms with Gasteiger partial charge in [0.15, 0.2) is 0 Å². The summed E-state index contributed by atoms with van der Waals surface area (Å²) in [5.41, 5.74) is 2.02. The minimum absolute atomic E-state index is 0.0624. The van der Waals surface area contributed by atoms with Crippen LogP contribution < -0.4 is 15.4 Å². The highest BCUT2D eigenvalue weighted by Crippen LogP contribution is 2.17. The number of rotatable bonds is 10. The number of amides is 2. The second-order valence-electron chi connectivity index (χ2n) is 6.25. The minimum Gasteiger partial charge on any atom is -0.491 e. The molecule has 0 fully saturated rings. The summed E-state index contributed by atoms with van der Waals surface area (Å²) in [6.07, 6.45) is 0. The summed E-state index contributed by atoms with van der Waals surface area (Å²) in [5, 5.41) is 5.86. The van der Waals surface area contributed by atoms with Gasteiger partial charge in [0.2, 0.25) is 5.91 Å². The SMILES string of the molecule is CCOCCOc1cccc(NC(=O)CNc2ccc(C(=O)N(C)C)cc2)c1. The smallest absolute Gasteiger partial charge is 0.253 e. The van der Waals surface area contributed by atoms with Crippen LogP contribution in [-0.4, -0.2) is 57.2 Å². The molecule has 0 aliphatic heterocycles. The average Bonchev–Trinajstić information content (AvgIpc) is 2.70. The maximum Gasteiger partial charge on any atom is 0.253 e. The third-order valence-corrected chi connectivity index (χ3v) is 3.81. The van der Waals surface area contributed by atoms with E-state index in [1.165, 1.54) is 4.90 Å². The second kappa shape index (κ2) is 10.9. The predicted molar refractivity (Wildman–Crippen MR) is 110 cm³/mol. The van der Waals surface area contributed by atoms with Crippen molar-refractivity contribution in [3.8, 4) is 5.75 Å². The lowest BCUT2D eigenvalue weighted by Crippen LogP contribution is -2.22. The molecule has 0 spiro atoms. The third kappa shape index (κ3) is 6.92. The lowest BCUT2D eigenvalue weighted by Gasteiger charge is -2.12. The number of carbonyl (C=O) groups is 2. The highest BCUT2D eigenvalue weighted by molar-refractivity contribution is 5.95. The molecule has 0 atom stereocenters. The molecule has 0 saturated heterocycles. The minimum atomic E-state index is -0.181. The molecular formula is C21H27N3O4. The van der Waals surface area contributed by atoms with E-state index >= 15 is 0 Å². The Morgan fingerprint density at radius 1 is 1.00 bits per heavy atom. The Morgan fingerprint density at radius 3 is 2.43 bits per heavy atom. The topological polar surface area (TPSA) is 79.9 Å². The molecule has 2 aromatic rings. The molecule has 7 nitrogen and oxygen atoms in total. The molecule has 28 heavy (non-hydrogen) atoms. The van der Waals surface area contributed by atoms with E-state index in [-0.39, 0.29) is 18.4 Å². The van der Waals surface area contributed by atoms with Gasteiger partial charge in [-0.2, -0.15) is 0 Å². The maximum atomic E-state index is 12.2.